The molecule has 5 nitrogen and oxygen atoms in total. The lowest BCUT2D eigenvalue weighted by Gasteiger charge is -2.06. The number of para-hydroxylation sites is 1. The Balaban J connectivity index is 1.83. The molecule has 4 rings (SSSR count). The van der Waals surface area contributed by atoms with Gasteiger partial charge >= 0.3 is 6.18 Å². The minimum Gasteiger partial charge on any atom is -0.284 e. The van der Waals surface area contributed by atoms with Gasteiger partial charge in [-0.25, -0.2) is 4.98 Å². The Hall–Kier alpha value is -2.72. The first kappa shape index (κ1) is 18.6. The first-order valence-corrected chi connectivity index (χ1v) is 9.86. The number of aromatic amines is 1. The zero-order chi connectivity index (χ0) is 19.9. The molecule has 0 saturated carbocycles. The van der Waals surface area contributed by atoms with E-state index in [0.29, 0.717) is 5.52 Å². The first-order valence-electron chi connectivity index (χ1n) is 8.16. The van der Waals surface area contributed by atoms with Gasteiger partial charge in [0.05, 0.1) is 22.3 Å². The number of H-pyrrole nitrogens is 1. The molecule has 144 valence electrons. The van der Waals surface area contributed by atoms with Gasteiger partial charge < -0.3 is 0 Å². The topological polar surface area (TPSA) is 63.0 Å². The summed E-state index contributed by atoms with van der Waals surface area (Å²) in [4.78, 5) is 22.2. The van der Waals surface area contributed by atoms with Crippen LogP contribution in [-0.4, -0.2) is 20.5 Å². The maximum atomic E-state index is 13.6. The fraction of sp³-hybridized carbons (Fsp3) is 0.167. The van der Waals surface area contributed by atoms with Crippen LogP contribution < -0.4 is 5.56 Å². The van der Waals surface area contributed by atoms with Crippen LogP contribution in [0.15, 0.2) is 51.6 Å². The minimum atomic E-state index is -4.73. The van der Waals surface area contributed by atoms with Gasteiger partial charge in [0.2, 0.25) is 5.13 Å². The third-order valence-corrected chi connectivity index (χ3v) is 5.94. The van der Waals surface area contributed by atoms with E-state index < -0.39 is 23.0 Å². The van der Waals surface area contributed by atoms with Crippen molar-refractivity contribution in [2.45, 2.75) is 19.6 Å². The van der Waals surface area contributed by atoms with Crippen LogP contribution in [0.1, 0.15) is 23.1 Å². The van der Waals surface area contributed by atoms with Crippen LogP contribution in [0.2, 0.25) is 0 Å². The number of hydrogen-bond acceptors (Lipinski definition) is 5. The zero-order valence-corrected chi connectivity index (χ0v) is 16.1. The maximum Gasteiger partial charge on any atom is 0.433 e. The van der Waals surface area contributed by atoms with E-state index in [4.69, 9.17) is 0 Å². The number of aromatic nitrogens is 3. The summed E-state index contributed by atoms with van der Waals surface area (Å²) in [6, 6.07) is 10.8. The van der Waals surface area contributed by atoms with Crippen molar-refractivity contribution in [3.05, 3.63) is 68.3 Å². The fourth-order valence-electron chi connectivity index (χ4n) is 2.75. The van der Waals surface area contributed by atoms with Crippen molar-refractivity contribution in [3.8, 4) is 5.13 Å². The molecule has 3 aromatic heterocycles. The number of fused-ring (bicyclic) bond motifs is 1. The number of aliphatic imine (C=N–C) groups is 1. The van der Waals surface area contributed by atoms with Crippen molar-refractivity contribution < 1.29 is 13.2 Å². The SMILES string of the molecule is CC(=NCc1cccs1)c1c(C(F)(F)F)[nH]n(-c2nc3ccccc3s2)c1=O. The summed E-state index contributed by atoms with van der Waals surface area (Å²) in [5, 5.41) is 4.20. The molecule has 3 heterocycles. The van der Waals surface area contributed by atoms with Crippen LogP contribution in [-0.2, 0) is 12.7 Å². The van der Waals surface area contributed by atoms with Gasteiger partial charge in [-0.1, -0.05) is 29.5 Å². The largest absolute Gasteiger partial charge is 0.433 e. The van der Waals surface area contributed by atoms with Crippen LogP contribution in [0.25, 0.3) is 15.3 Å². The molecular weight excluding hydrogens is 409 g/mol. The lowest BCUT2D eigenvalue weighted by atomic mass is 10.1. The van der Waals surface area contributed by atoms with E-state index in [9.17, 15) is 18.0 Å². The molecule has 0 unspecified atom stereocenters. The number of rotatable bonds is 4. The normalized spacial score (nSPS) is 12.8. The van der Waals surface area contributed by atoms with Crippen molar-refractivity contribution in [2.75, 3.05) is 0 Å². The summed E-state index contributed by atoms with van der Waals surface area (Å²) in [5.41, 5.74) is -1.78. The van der Waals surface area contributed by atoms with Crippen molar-refractivity contribution in [2.24, 2.45) is 4.99 Å². The van der Waals surface area contributed by atoms with Crippen molar-refractivity contribution >= 4 is 38.6 Å². The molecule has 0 saturated heterocycles. The molecule has 4 aromatic rings. The van der Waals surface area contributed by atoms with Gasteiger partial charge in [-0.05, 0) is 30.5 Å². The van der Waals surface area contributed by atoms with E-state index in [2.05, 4.69) is 15.1 Å². The van der Waals surface area contributed by atoms with E-state index >= 15 is 0 Å². The van der Waals surface area contributed by atoms with Crippen LogP contribution in [0.5, 0.6) is 0 Å². The first-order chi connectivity index (χ1) is 13.3. The molecular formula is C18H13F3N4OS2. The Kier molecular flexibility index (Phi) is 4.68. The summed E-state index contributed by atoms with van der Waals surface area (Å²) >= 11 is 2.59. The molecule has 0 atom stereocenters. The summed E-state index contributed by atoms with van der Waals surface area (Å²) < 4.78 is 42.4. The van der Waals surface area contributed by atoms with Crippen molar-refractivity contribution in [1.82, 2.24) is 14.8 Å². The molecule has 0 amide bonds. The monoisotopic (exact) mass is 422 g/mol. The van der Waals surface area contributed by atoms with Gasteiger partial charge in [-0.3, -0.25) is 14.9 Å². The average Bonchev–Trinajstić information content (AvgIpc) is 3.36. The Morgan fingerprint density at radius 1 is 1.25 bits per heavy atom. The Morgan fingerprint density at radius 2 is 2.04 bits per heavy atom. The number of thiophene rings is 1. The molecule has 1 aromatic carbocycles. The van der Waals surface area contributed by atoms with E-state index in [-0.39, 0.29) is 17.4 Å². The van der Waals surface area contributed by atoms with E-state index in [1.54, 1.807) is 24.3 Å². The van der Waals surface area contributed by atoms with Gasteiger partial charge in [-0.15, -0.1) is 11.3 Å². The number of alkyl halides is 3. The molecule has 1 N–H and O–H groups in total. The lowest BCUT2D eigenvalue weighted by Crippen LogP contribution is -2.20. The van der Waals surface area contributed by atoms with Crippen molar-refractivity contribution in [3.63, 3.8) is 0 Å². The lowest BCUT2D eigenvalue weighted by molar-refractivity contribution is -0.141. The highest BCUT2D eigenvalue weighted by Crippen LogP contribution is 2.31. The van der Waals surface area contributed by atoms with Gasteiger partial charge in [0.15, 0.2) is 5.69 Å². The highest BCUT2D eigenvalue weighted by molar-refractivity contribution is 7.20. The molecule has 0 bridgehead atoms. The van der Waals surface area contributed by atoms with E-state index in [0.717, 1.165) is 25.6 Å². The summed E-state index contributed by atoms with van der Waals surface area (Å²) in [6.45, 7) is 1.63. The Bertz CT molecular complexity index is 1180. The van der Waals surface area contributed by atoms with Crippen LogP contribution in [0, 0.1) is 0 Å². The van der Waals surface area contributed by atoms with E-state index in [1.165, 1.54) is 18.3 Å². The molecule has 0 aliphatic heterocycles. The molecule has 0 aliphatic rings. The highest BCUT2D eigenvalue weighted by Gasteiger charge is 2.39. The van der Waals surface area contributed by atoms with Gasteiger partial charge in [-0.2, -0.15) is 17.9 Å². The smallest absolute Gasteiger partial charge is 0.284 e. The Labute approximate surface area is 164 Å². The molecule has 0 spiro atoms. The zero-order valence-electron chi connectivity index (χ0n) is 14.4. The van der Waals surface area contributed by atoms with Crippen molar-refractivity contribution in [1.29, 1.82) is 0 Å². The third-order valence-electron chi connectivity index (χ3n) is 4.06. The standard InChI is InChI=1S/C18H13F3N4OS2/c1-10(22-9-11-5-4-8-27-11)14-15(18(19,20)21)24-25(16(14)26)17-23-12-6-2-3-7-13(12)28-17/h2-8,24H,9H2,1H3. The second kappa shape index (κ2) is 7.02. The predicted molar refractivity (Wildman–Crippen MR) is 105 cm³/mol. The second-order valence-electron chi connectivity index (χ2n) is 5.95. The summed E-state index contributed by atoms with van der Waals surface area (Å²) in [6.07, 6.45) is -4.73. The Morgan fingerprint density at radius 3 is 2.71 bits per heavy atom. The number of nitrogens with zero attached hydrogens (tertiary/aromatic N) is 3. The molecule has 28 heavy (non-hydrogen) atoms. The number of benzene rings is 1. The second-order valence-corrected chi connectivity index (χ2v) is 7.99. The van der Waals surface area contributed by atoms with Crippen LogP contribution in [0.3, 0.4) is 0 Å². The fourth-order valence-corrected chi connectivity index (χ4v) is 4.30. The summed E-state index contributed by atoms with van der Waals surface area (Å²) in [5.74, 6) is 0. The van der Waals surface area contributed by atoms with Crippen LogP contribution in [0.4, 0.5) is 13.2 Å². The van der Waals surface area contributed by atoms with Gasteiger partial charge in [0.25, 0.3) is 5.56 Å². The number of thiazole rings is 1. The number of halogens is 3. The quantitative estimate of drug-likeness (QED) is 0.477. The molecule has 10 heteroatoms. The average molecular weight is 422 g/mol. The molecule has 0 radical (unpaired) electrons. The van der Waals surface area contributed by atoms with Gasteiger partial charge in [0.1, 0.15) is 0 Å². The summed E-state index contributed by atoms with van der Waals surface area (Å²) in [7, 11) is 0. The number of hydrogen-bond donors (Lipinski definition) is 1. The number of nitrogens with one attached hydrogen (secondary N) is 1. The van der Waals surface area contributed by atoms with Crippen LogP contribution >= 0.6 is 22.7 Å². The molecule has 0 fully saturated rings. The maximum absolute atomic E-state index is 13.6. The minimum absolute atomic E-state index is 0.0295. The predicted octanol–water partition coefficient (Wildman–Crippen LogP) is 4.86. The van der Waals surface area contributed by atoms with Gasteiger partial charge in [0, 0.05) is 10.6 Å². The van der Waals surface area contributed by atoms with E-state index in [1.807, 2.05) is 17.5 Å². The third kappa shape index (κ3) is 3.40. The molecule has 0 aliphatic carbocycles. The highest BCUT2D eigenvalue weighted by atomic mass is 32.1.